The summed E-state index contributed by atoms with van der Waals surface area (Å²) in [6.07, 6.45) is 17.5. The van der Waals surface area contributed by atoms with Crippen LogP contribution in [0.5, 0.6) is 0 Å². The average molecular weight is 1010 g/mol. The zero-order chi connectivity index (χ0) is 57.5. The second-order valence-corrected chi connectivity index (χ2v) is 20.3. The van der Waals surface area contributed by atoms with E-state index >= 15 is 0 Å². The molecule has 0 aromatic rings. The number of aliphatic hydroxyl groups is 8. The van der Waals surface area contributed by atoms with Crippen LogP contribution in [0, 0.1) is 0 Å². The van der Waals surface area contributed by atoms with E-state index in [2.05, 4.69) is 53.8 Å². The van der Waals surface area contributed by atoms with Crippen LogP contribution in [0.15, 0.2) is 39.9 Å². The van der Waals surface area contributed by atoms with Crippen molar-refractivity contribution in [1.82, 2.24) is 0 Å². The standard InChI is InChI=1S/2C8H17NO.3C7H15NO.2C6H13NO.C5H11NO/c1-5-8(4,10)6-9-7(2)3;1-4-6-9-7-8(3,10)5-2;1-6(2)8-5-7(3,4)9;1-4-5-8-6-7(2,3)9;1-4-7(3,9)6-8-5-2;1-4-6(2,8)5-7-3;1-4-7-5-6(2,3)8;1-5(2,7)4-6-3/h6-7,10H,5H2,1-4H3;7,10H,4-6H2,1-3H3;5-6,9H,1-4H3;2*6,9H,4-5H2,1-3H3;2*5,8H,4H2,1-3H3;4,7H,1-3H3. The molecule has 0 aromatic carbocycles. The van der Waals surface area contributed by atoms with Crippen LogP contribution in [0.3, 0.4) is 0 Å². The third-order valence-electron chi connectivity index (χ3n) is 7.68. The summed E-state index contributed by atoms with van der Waals surface area (Å²) in [5.41, 5.74) is -5.80. The fourth-order valence-electron chi connectivity index (χ4n) is 3.01. The van der Waals surface area contributed by atoms with Crippen molar-refractivity contribution in [2.45, 2.75) is 262 Å². The van der Waals surface area contributed by atoms with Gasteiger partial charge in [-0.15, -0.1) is 0 Å². The van der Waals surface area contributed by atoms with E-state index in [0.29, 0.717) is 12.8 Å². The second-order valence-electron chi connectivity index (χ2n) is 20.3. The number of rotatable bonds is 20. The molecule has 4 atom stereocenters. The molecular formula is C54H116N8O8. The van der Waals surface area contributed by atoms with E-state index in [1.54, 1.807) is 141 Å². The van der Waals surface area contributed by atoms with E-state index in [1.165, 1.54) is 6.21 Å². The lowest BCUT2D eigenvalue weighted by Crippen LogP contribution is -2.24. The molecule has 0 heterocycles. The van der Waals surface area contributed by atoms with Crippen molar-refractivity contribution in [3.63, 3.8) is 0 Å². The van der Waals surface area contributed by atoms with Gasteiger partial charge in [0.05, 0.1) is 44.8 Å². The number of hydrogen-bond acceptors (Lipinski definition) is 16. The van der Waals surface area contributed by atoms with Gasteiger partial charge in [0.25, 0.3) is 0 Å². The molecule has 0 spiro atoms. The summed E-state index contributed by atoms with van der Waals surface area (Å²) >= 11 is 0. The highest BCUT2D eigenvalue weighted by Crippen LogP contribution is 2.06. The van der Waals surface area contributed by atoms with Gasteiger partial charge < -0.3 is 40.9 Å². The highest BCUT2D eigenvalue weighted by molar-refractivity contribution is 5.69. The molecule has 8 N–H and O–H groups in total. The van der Waals surface area contributed by atoms with Crippen LogP contribution in [0.1, 0.15) is 205 Å². The quantitative estimate of drug-likeness (QED) is 0.0544. The Morgan fingerprint density at radius 2 is 0.571 bits per heavy atom. The predicted octanol–water partition coefficient (Wildman–Crippen LogP) is 9.12. The minimum Gasteiger partial charge on any atom is -0.385 e. The van der Waals surface area contributed by atoms with E-state index < -0.39 is 44.8 Å². The number of hydrogen-bond donors (Lipinski definition) is 8. The summed E-state index contributed by atoms with van der Waals surface area (Å²) in [7, 11) is 3.29. The molecule has 0 aliphatic heterocycles. The Hall–Kier alpha value is -2.96. The first kappa shape index (κ1) is 83.9. The first-order valence-corrected chi connectivity index (χ1v) is 25.2. The van der Waals surface area contributed by atoms with Crippen LogP contribution in [-0.2, 0) is 0 Å². The first-order chi connectivity index (χ1) is 31.4. The van der Waals surface area contributed by atoms with E-state index in [-0.39, 0.29) is 12.1 Å². The maximum Gasteiger partial charge on any atom is 0.0962 e. The van der Waals surface area contributed by atoms with E-state index in [1.807, 2.05) is 69.2 Å². The Morgan fingerprint density at radius 1 is 0.329 bits per heavy atom. The van der Waals surface area contributed by atoms with Gasteiger partial charge in [0.2, 0.25) is 0 Å². The number of nitrogens with zero attached hydrogens (tertiary/aromatic N) is 8. The van der Waals surface area contributed by atoms with Crippen LogP contribution in [0.4, 0.5) is 0 Å². The SMILES string of the molecule is CC(C)N=CC(C)(C)O.CCC(C)(O)C=NC.CCC(C)(O)C=NC(C)C.CCCN=CC(C)(C)O.CCCN=CC(C)(O)CC.CCN=CC(C)(C)O.CCN=CC(C)(O)CC.CN=CC(C)(C)O. The van der Waals surface area contributed by atoms with Crippen molar-refractivity contribution in [3.05, 3.63) is 0 Å². The Labute approximate surface area is 431 Å². The van der Waals surface area contributed by atoms with Crippen molar-refractivity contribution in [1.29, 1.82) is 0 Å². The minimum atomic E-state index is -0.760. The molecule has 0 bridgehead atoms. The Balaban J connectivity index is -0.000000105. The van der Waals surface area contributed by atoms with E-state index in [4.69, 9.17) is 20.4 Å². The van der Waals surface area contributed by atoms with Gasteiger partial charge >= 0.3 is 0 Å². The molecule has 0 aliphatic carbocycles. The van der Waals surface area contributed by atoms with Gasteiger partial charge in [-0.1, -0.05) is 41.5 Å². The monoisotopic (exact) mass is 1000 g/mol. The summed E-state index contributed by atoms with van der Waals surface area (Å²) in [5.74, 6) is 0. The van der Waals surface area contributed by atoms with Crippen molar-refractivity contribution in [2.75, 3.05) is 40.3 Å². The van der Waals surface area contributed by atoms with Crippen molar-refractivity contribution >= 4 is 49.7 Å². The third-order valence-corrected chi connectivity index (χ3v) is 7.68. The molecule has 0 saturated carbocycles. The average Bonchev–Trinajstić information content (AvgIpc) is 3.21. The summed E-state index contributed by atoms with van der Waals surface area (Å²) < 4.78 is 0. The third kappa shape index (κ3) is 102. The topological polar surface area (TPSA) is 261 Å². The Morgan fingerprint density at radius 3 is 0.771 bits per heavy atom. The maximum absolute atomic E-state index is 9.42. The summed E-state index contributed by atoms with van der Waals surface area (Å²) in [5, 5.41) is 73.4. The molecule has 4 unspecified atom stereocenters. The van der Waals surface area contributed by atoms with Gasteiger partial charge in [-0.2, -0.15) is 0 Å². The molecule has 0 aromatic heterocycles. The lowest BCUT2D eigenvalue weighted by Gasteiger charge is -2.14. The molecule has 0 aliphatic rings. The summed E-state index contributed by atoms with van der Waals surface area (Å²) in [6, 6.07) is 0.550. The molecule has 420 valence electrons. The summed E-state index contributed by atoms with van der Waals surface area (Å²) in [4.78, 5) is 31.3. The van der Waals surface area contributed by atoms with Gasteiger partial charge in [0.15, 0.2) is 0 Å². The fraction of sp³-hybridized carbons (Fsp3) is 0.852. The molecular weight excluding hydrogens is 889 g/mol. The molecule has 70 heavy (non-hydrogen) atoms. The smallest absolute Gasteiger partial charge is 0.0962 e. The van der Waals surface area contributed by atoms with E-state index in [9.17, 15) is 20.4 Å². The van der Waals surface area contributed by atoms with Gasteiger partial charge in [-0.3, -0.25) is 39.9 Å². The van der Waals surface area contributed by atoms with Crippen LogP contribution in [-0.4, -0.2) is 188 Å². The zero-order valence-corrected chi connectivity index (χ0v) is 50.0. The lowest BCUT2D eigenvalue weighted by molar-refractivity contribution is 0.133. The predicted molar refractivity (Wildman–Crippen MR) is 310 cm³/mol. The fourth-order valence-corrected chi connectivity index (χ4v) is 3.01. The molecule has 0 rings (SSSR count). The second kappa shape index (κ2) is 47.1. The highest BCUT2D eigenvalue weighted by atomic mass is 16.3. The maximum atomic E-state index is 9.42. The highest BCUT2D eigenvalue weighted by Gasteiger charge is 2.15. The lowest BCUT2D eigenvalue weighted by atomic mass is 10.1. The van der Waals surface area contributed by atoms with Gasteiger partial charge in [0, 0.05) is 102 Å². The minimum absolute atomic E-state index is 0.274. The van der Waals surface area contributed by atoms with Gasteiger partial charge in [0.1, 0.15) is 0 Å². The van der Waals surface area contributed by atoms with E-state index in [0.717, 1.165) is 51.9 Å². The molecule has 0 amide bonds. The van der Waals surface area contributed by atoms with Crippen LogP contribution in [0.2, 0.25) is 0 Å². The number of aliphatic imine (C=N–C) groups is 8. The molecule has 0 fully saturated rings. The van der Waals surface area contributed by atoms with Crippen molar-refractivity contribution in [3.8, 4) is 0 Å². The van der Waals surface area contributed by atoms with Crippen LogP contribution >= 0.6 is 0 Å². The molecule has 0 radical (unpaired) electrons. The van der Waals surface area contributed by atoms with Crippen LogP contribution in [0.25, 0.3) is 0 Å². The first-order valence-electron chi connectivity index (χ1n) is 25.2. The van der Waals surface area contributed by atoms with Crippen molar-refractivity contribution < 1.29 is 40.9 Å². The Kier molecular flexibility index (Phi) is 56.4. The normalized spacial score (nSPS) is 15.8. The summed E-state index contributed by atoms with van der Waals surface area (Å²) in [6.45, 7) is 47.4. The molecule has 16 nitrogen and oxygen atoms in total. The van der Waals surface area contributed by atoms with Gasteiger partial charge in [-0.25, -0.2) is 0 Å². The molecule has 16 heteroatoms. The van der Waals surface area contributed by atoms with Gasteiger partial charge in [-0.05, 0) is 163 Å². The van der Waals surface area contributed by atoms with Crippen molar-refractivity contribution in [2.24, 2.45) is 39.9 Å². The molecule has 0 saturated heterocycles. The van der Waals surface area contributed by atoms with Crippen LogP contribution < -0.4 is 0 Å². The zero-order valence-electron chi connectivity index (χ0n) is 50.0. The largest absolute Gasteiger partial charge is 0.385 e. The Bertz CT molecular complexity index is 1370.